The second-order valence-electron chi connectivity index (χ2n) is 5.64. The zero-order valence-corrected chi connectivity index (χ0v) is 15.5. The SMILES string of the molecule is C[C@H](OC(=O)CN(C)S(=O)(=O)c1ccc(F)cc1)C(=O)NCc1ccco1. The quantitative estimate of drug-likeness (QED) is 0.672. The van der Waals surface area contributed by atoms with Crippen molar-refractivity contribution < 1.29 is 31.6 Å². The molecule has 0 fully saturated rings. The van der Waals surface area contributed by atoms with Crippen molar-refractivity contribution >= 4 is 21.9 Å². The number of carbonyl (C=O) groups is 2. The Morgan fingerprint density at radius 1 is 1.26 bits per heavy atom. The molecule has 10 heteroatoms. The molecule has 0 spiro atoms. The van der Waals surface area contributed by atoms with Gasteiger partial charge in [-0.1, -0.05) is 0 Å². The second kappa shape index (κ2) is 8.78. The van der Waals surface area contributed by atoms with Gasteiger partial charge in [-0.25, -0.2) is 12.8 Å². The average molecular weight is 398 g/mol. The minimum Gasteiger partial charge on any atom is -0.467 e. The molecule has 2 rings (SSSR count). The van der Waals surface area contributed by atoms with E-state index >= 15 is 0 Å². The Balaban J connectivity index is 1.87. The van der Waals surface area contributed by atoms with E-state index in [0.717, 1.165) is 28.6 Å². The molecular weight excluding hydrogens is 379 g/mol. The van der Waals surface area contributed by atoms with Gasteiger partial charge in [0.15, 0.2) is 6.10 Å². The lowest BCUT2D eigenvalue weighted by Crippen LogP contribution is -2.39. The fourth-order valence-electron chi connectivity index (χ4n) is 2.07. The number of rotatable bonds is 8. The highest BCUT2D eigenvalue weighted by molar-refractivity contribution is 7.89. The molecule has 8 nitrogen and oxygen atoms in total. The first-order chi connectivity index (χ1) is 12.7. The highest BCUT2D eigenvalue weighted by Crippen LogP contribution is 2.14. The van der Waals surface area contributed by atoms with E-state index < -0.39 is 40.4 Å². The van der Waals surface area contributed by atoms with E-state index in [1.165, 1.54) is 20.2 Å². The summed E-state index contributed by atoms with van der Waals surface area (Å²) < 4.78 is 48.4. The zero-order valence-electron chi connectivity index (χ0n) is 14.7. The predicted molar refractivity (Wildman–Crippen MR) is 92.3 cm³/mol. The minimum atomic E-state index is -3.99. The molecule has 0 unspecified atom stereocenters. The number of nitrogens with zero attached hydrogens (tertiary/aromatic N) is 1. The molecule has 0 aliphatic heterocycles. The first-order valence-corrected chi connectivity index (χ1v) is 9.35. The van der Waals surface area contributed by atoms with Crippen LogP contribution < -0.4 is 5.32 Å². The van der Waals surface area contributed by atoms with Gasteiger partial charge in [0.2, 0.25) is 10.0 Å². The van der Waals surface area contributed by atoms with Gasteiger partial charge in [-0.05, 0) is 43.3 Å². The summed E-state index contributed by atoms with van der Waals surface area (Å²) >= 11 is 0. The van der Waals surface area contributed by atoms with Crippen LogP contribution in [0.4, 0.5) is 4.39 Å². The van der Waals surface area contributed by atoms with Gasteiger partial charge >= 0.3 is 5.97 Å². The Morgan fingerprint density at radius 3 is 2.52 bits per heavy atom. The van der Waals surface area contributed by atoms with E-state index in [2.05, 4.69) is 5.32 Å². The number of carbonyl (C=O) groups excluding carboxylic acids is 2. The Morgan fingerprint density at radius 2 is 1.93 bits per heavy atom. The van der Waals surface area contributed by atoms with Crippen molar-refractivity contribution in [3.63, 3.8) is 0 Å². The molecule has 0 aliphatic carbocycles. The standard InChI is InChI=1S/C17H19FN2O6S/c1-12(17(22)19-10-14-4-3-9-25-14)26-16(21)11-20(2)27(23,24)15-7-5-13(18)6-8-15/h3-9,12H,10-11H2,1-2H3,(H,19,22)/t12-/m0/s1. The maximum Gasteiger partial charge on any atom is 0.322 e. The van der Waals surface area contributed by atoms with Gasteiger partial charge in [0, 0.05) is 7.05 Å². The summed E-state index contributed by atoms with van der Waals surface area (Å²) in [6, 6.07) is 7.54. The van der Waals surface area contributed by atoms with Crippen molar-refractivity contribution in [3.8, 4) is 0 Å². The lowest BCUT2D eigenvalue weighted by atomic mass is 10.3. The van der Waals surface area contributed by atoms with Crippen LogP contribution in [0.1, 0.15) is 12.7 Å². The number of hydrogen-bond donors (Lipinski definition) is 1. The summed E-state index contributed by atoms with van der Waals surface area (Å²) in [5.41, 5.74) is 0. The van der Waals surface area contributed by atoms with Crippen molar-refractivity contribution in [1.82, 2.24) is 9.62 Å². The van der Waals surface area contributed by atoms with Crippen LogP contribution in [0, 0.1) is 5.82 Å². The first kappa shape index (κ1) is 20.6. The van der Waals surface area contributed by atoms with Crippen molar-refractivity contribution in [3.05, 3.63) is 54.2 Å². The Kier molecular flexibility index (Phi) is 6.70. The van der Waals surface area contributed by atoms with Gasteiger partial charge in [-0.15, -0.1) is 0 Å². The topological polar surface area (TPSA) is 106 Å². The molecule has 2 aromatic rings. The van der Waals surface area contributed by atoms with Crippen LogP contribution in [0.5, 0.6) is 0 Å². The lowest BCUT2D eigenvalue weighted by Gasteiger charge is -2.18. The van der Waals surface area contributed by atoms with Crippen molar-refractivity contribution in [2.75, 3.05) is 13.6 Å². The molecule has 0 saturated carbocycles. The molecule has 146 valence electrons. The molecule has 0 bridgehead atoms. The van der Waals surface area contributed by atoms with Crippen molar-refractivity contribution in [2.24, 2.45) is 0 Å². The summed E-state index contributed by atoms with van der Waals surface area (Å²) in [6.45, 7) is 0.895. The first-order valence-electron chi connectivity index (χ1n) is 7.91. The predicted octanol–water partition coefficient (Wildman–Crippen LogP) is 1.29. The third-order valence-electron chi connectivity index (χ3n) is 3.57. The van der Waals surface area contributed by atoms with Crippen LogP contribution in [0.25, 0.3) is 0 Å². The molecule has 1 aromatic heterocycles. The number of esters is 1. The van der Waals surface area contributed by atoms with Gasteiger partial charge in [0.05, 0.1) is 17.7 Å². The molecule has 0 aliphatic rings. The van der Waals surface area contributed by atoms with Crippen LogP contribution in [0.15, 0.2) is 52.0 Å². The molecule has 0 saturated heterocycles. The van der Waals surface area contributed by atoms with Crippen LogP contribution in [0.2, 0.25) is 0 Å². The molecule has 1 amide bonds. The Bertz CT molecular complexity index is 881. The van der Waals surface area contributed by atoms with Crippen LogP contribution >= 0.6 is 0 Å². The molecular formula is C17H19FN2O6S. The van der Waals surface area contributed by atoms with Crippen LogP contribution in [0.3, 0.4) is 0 Å². The van der Waals surface area contributed by atoms with E-state index in [1.54, 1.807) is 12.1 Å². The number of halogens is 1. The summed E-state index contributed by atoms with van der Waals surface area (Å²) in [6.07, 6.45) is 0.344. The van der Waals surface area contributed by atoms with E-state index in [9.17, 15) is 22.4 Å². The number of sulfonamides is 1. The van der Waals surface area contributed by atoms with E-state index in [0.29, 0.717) is 5.76 Å². The summed E-state index contributed by atoms with van der Waals surface area (Å²) in [4.78, 5) is 23.7. The maximum atomic E-state index is 12.9. The summed E-state index contributed by atoms with van der Waals surface area (Å²) in [5.74, 6) is -1.50. The summed E-state index contributed by atoms with van der Waals surface area (Å²) in [7, 11) is -2.81. The number of benzene rings is 1. The lowest BCUT2D eigenvalue weighted by molar-refractivity contribution is -0.154. The molecule has 1 atom stereocenters. The fourth-order valence-corrected chi connectivity index (χ4v) is 3.19. The molecule has 0 radical (unpaired) electrons. The third kappa shape index (κ3) is 5.63. The van der Waals surface area contributed by atoms with E-state index in [-0.39, 0.29) is 11.4 Å². The monoisotopic (exact) mass is 398 g/mol. The van der Waals surface area contributed by atoms with Gasteiger partial charge in [-0.3, -0.25) is 9.59 Å². The average Bonchev–Trinajstić information content (AvgIpc) is 3.13. The second-order valence-corrected chi connectivity index (χ2v) is 7.69. The Labute approximate surface area is 156 Å². The highest BCUT2D eigenvalue weighted by Gasteiger charge is 2.25. The molecule has 27 heavy (non-hydrogen) atoms. The number of hydrogen-bond acceptors (Lipinski definition) is 6. The normalized spacial score (nSPS) is 12.6. The highest BCUT2D eigenvalue weighted by atomic mass is 32.2. The summed E-state index contributed by atoms with van der Waals surface area (Å²) in [5, 5.41) is 2.53. The minimum absolute atomic E-state index is 0.132. The van der Waals surface area contributed by atoms with Gasteiger partial charge in [-0.2, -0.15) is 4.31 Å². The van der Waals surface area contributed by atoms with Gasteiger partial charge < -0.3 is 14.5 Å². The van der Waals surface area contributed by atoms with E-state index in [4.69, 9.17) is 9.15 Å². The maximum absolute atomic E-state index is 12.9. The van der Waals surface area contributed by atoms with E-state index in [1.807, 2.05) is 0 Å². The fraction of sp³-hybridized carbons (Fsp3) is 0.294. The van der Waals surface area contributed by atoms with Crippen LogP contribution in [-0.4, -0.2) is 44.3 Å². The van der Waals surface area contributed by atoms with Crippen molar-refractivity contribution in [1.29, 1.82) is 0 Å². The zero-order chi connectivity index (χ0) is 20.0. The van der Waals surface area contributed by atoms with Gasteiger partial charge in [0.25, 0.3) is 5.91 Å². The third-order valence-corrected chi connectivity index (χ3v) is 5.39. The number of amides is 1. The number of furan rings is 1. The smallest absolute Gasteiger partial charge is 0.322 e. The number of likely N-dealkylation sites (N-methyl/N-ethyl adjacent to an activating group) is 1. The van der Waals surface area contributed by atoms with Crippen LogP contribution in [-0.2, 0) is 30.9 Å². The van der Waals surface area contributed by atoms with Crippen molar-refractivity contribution in [2.45, 2.75) is 24.5 Å². The number of ether oxygens (including phenoxy) is 1. The molecule has 1 N–H and O–H groups in total. The number of nitrogens with one attached hydrogen (secondary N) is 1. The Hall–Kier alpha value is -2.72. The molecule has 1 aromatic carbocycles. The largest absolute Gasteiger partial charge is 0.467 e. The van der Waals surface area contributed by atoms with Gasteiger partial charge in [0.1, 0.15) is 18.1 Å². The molecule has 1 heterocycles.